The molecule has 0 amide bonds. The predicted octanol–water partition coefficient (Wildman–Crippen LogP) is 3.94. The number of hydrogen-bond donors (Lipinski definition) is 0. The minimum atomic E-state index is 0. The summed E-state index contributed by atoms with van der Waals surface area (Å²) in [4.78, 5) is 15.9. The van der Waals surface area contributed by atoms with Crippen LogP contribution in [0.2, 0.25) is 0 Å². The molecule has 0 aliphatic rings. The van der Waals surface area contributed by atoms with Gasteiger partial charge in [0.15, 0.2) is 5.78 Å². The van der Waals surface area contributed by atoms with Crippen molar-refractivity contribution < 1.29 is 26.4 Å². The van der Waals surface area contributed by atoms with Gasteiger partial charge in [-0.3, -0.25) is 4.79 Å². The third kappa shape index (κ3) is 6.39. The van der Waals surface area contributed by atoms with Crippen LogP contribution in [0.1, 0.15) is 55.3 Å². The van der Waals surface area contributed by atoms with Crippen LogP contribution in [-0.4, -0.2) is 36.9 Å². The SMILES string of the molecule is CCCCc1oc2ccccc2c1C(=O)c1cc(I)c(OCCN(CC)CC)c(I)c1.[Cl-]. The van der Waals surface area contributed by atoms with Gasteiger partial charge in [-0.2, -0.15) is 0 Å². The molecule has 0 saturated carbocycles. The first-order valence-electron chi connectivity index (χ1n) is 10.9. The van der Waals surface area contributed by atoms with E-state index in [9.17, 15) is 4.79 Å². The number of carbonyl (C=O) groups excluding carboxylic acids is 1. The Morgan fingerprint density at radius 1 is 1.06 bits per heavy atom. The molecular formula is C25H29ClI2NO3-. The topological polar surface area (TPSA) is 42.7 Å². The van der Waals surface area contributed by atoms with E-state index < -0.39 is 0 Å². The van der Waals surface area contributed by atoms with E-state index in [0.717, 1.165) is 68.5 Å². The van der Waals surface area contributed by atoms with E-state index in [1.807, 2.05) is 36.4 Å². The number of fused-ring (bicyclic) bond motifs is 1. The van der Waals surface area contributed by atoms with Crippen molar-refractivity contribution in [3.05, 3.63) is 60.4 Å². The second-order valence-corrected chi connectivity index (χ2v) is 9.80. The summed E-state index contributed by atoms with van der Waals surface area (Å²) in [6.45, 7) is 10.0. The maximum absolute atomic E-state index is 13.6. The minimum Gasteiger partial charge on any atom is -1.00 e. The van der Waals surface area contributed by atoms with Gasteiger partial charge < -0.3 is 26.5 Å². The van der Waals surface area contributed by atoms with Crippen LogP contribution in [0, 0.1) is 7.14 Å². The second-order valence-electron chi connectivity index (χ2n) is 7.47. The number of rotatable bonds is 11. The van der Waals surface area contributed by atoms with E-state index in [0.29, 0.717) is 17.7 Å². The van der Waals surface area contributed by atoms with E-state index >= 15 is 0 Å². The third-order valence-corrected chi connectivity index (χ3v) is 7.06. The lowest BCUT2D eigenvalue weighted by atomic mass is 9.98. The lowest BCUT2D eigenvalue weighted by Gasteiger charge is -2.19. The Labute approximate surface area is 224 Å². The van der Waals surface area contributed by atoms with Crippen LogP contribution in [0.5, 0.6) is 5.75 Å². The van der Waals surface area contributed by atoms with Crippen LogP contribution in [0.3, 0.4) is 0 Å². The fourth-order valence-electron chi connectivity index (χ4n) is 3.65. The number of ketones is 1. The predicted molar refractivity (Wildman–Crippen MR) is 143 cm³/mol. The van der Waals surface area contributed by atoms with Crippen molar-refractivity contribution in [2.75, 3.05) is 26.2 Å². The van der Waals surface area contributed by atoms with Crippen LogP contribution in [-0.2, 0) is 6.42 Å². The molecule has 1 aromatic heterocycles. The molecule has 0 fully saturated rings. The molecule has 1 heterocycles. The molecule has 0 spiro atoms. The molecule has 32 heavy (non-hydrogen) atoms. The number of benzene rings is 2. The molecule has 3 aromatic rings. The zero-order valence-corrected chi connectivity index (χ0v) is 23.8. The molecule has 2 aromatic carbocycles. The van der Waals surface area contributed by atoms with Gasteiger partial charge in [0.2, 0.25) is 0 Å². The Hall–Kier alpha value is -0.840. The molecule has 4 nitrogen and oxygen atoms in total. The maximum Gasteiger partial charge on any atom is 0.197 e. The van der Waals surface area contributed by atoms with Crippen molar-refractivity contribution in [2.45, 2.75) is 40.0 Å². The smallest absolute Gasteiger partial charge is 0.197 e. The molecule has 174 valence electrons. The summed E-state index contributed by atoms with van der Waals surface area (Å²) in [7, 11) is 0. The first kappa shape index (κ1) is 27.4. The Balaban J connectivity index is 0.00000363. The monoisotopic (exact) mass is 680 g/mol. The Morgan fingerprint density at radius 2 is 1.72 bits per heavy atom. The zero-order valence-electron chi connectivity index (χ0n) is 18.7. The highest BCUT2D eigenvalue weighted by molar-refractivity contribution is 14.1. The molecular weight excluding hydrogens is 652 g/mol. The van der Waals surface area contributed by atoms with E-state index in [4.69, 9.17) is 9.15 Å². The largest absolute Gasteiger partial charge is 1.00 e. The molecule has 0 radical (unpaired) electrons. The molecule has 0 aliphatic heterocycles. The second kappa shape index (κ2) is 13.2. The number of carbonyl (C=O) groups is 1. The van der Waals surface area contributed by atoms with E-state index in [-0.39, 0.29) is 18.2 Å². The van der Waals surface area contributed by atoms with Crippen LogP contribution >= 0.6 is 45.2 Å². The maximum atomic E-state index is 13.6. The third-order valence-electron chi connectivity index (χ3n) is 5.46. The summed E-state index contributed by atoms with van der Waals surface area (Å²) in [6, 6.07) is 11.7. The summed E-state index contributed by atoms with van der Waals surface area (Å²) in [6.07, 6.45) is 2.82. The van der Waals surface area contributed by atoms with E-state index in [1.165, 1.54) is 0 Å². The van der Waals surface area contributed by atoms with Crippen LogP contribution < -0.4 is 17.1 Å². The number of ether oxygens (including phenoxy) is 1. The van der Waals surface area contributed by atoms with Crippen molar-refractivity contribution in [3.8, 4) is 5.75 Å². The highest BCUT2D eigenvalue weighted by atomic mass is 127. The highest BCUT2D eigenvalue weighted by Crippen LogP contribution is 2.33. The van der Waals surface area contributed by atoms with Crippen molar-refractivity contribution in [1.82, 2.24) is 4.90 Å². The Bertz CT molecular complexity index is 1020. The van der Waals surface area contributed by atoms with E-state index in [1.54, 1.807) is 0 Å². The zero-order chi connectivity index (χ0) is 22.4. The number of hydrogen-bond acceptors (Lipinski definition) is 4. The number of halogens is 3. The van der Waals surface area contributed by atoms with Gasteiger partial charge in [0.1, 0.15) is 23.7 Å². The average Bonchev–Trinajstić information content (AvgIpc) is 3.14. The standard InChI is InChI=1S/C25H29I2NO3.ClH/c1-4-7-11-22-23(18-10-8-9-12-21(18)31-22)24(29)17-15-19(26)25(20(27)16-17)30-14-13-28(5-2)6-3;/h8-10,12,15-16H,4-7,11,13-14H2,1-3H3;1H/p-1. The number of aryl methyl sites for hydroxylation is 1. The molecule has 7 heteroatoms. The summed E-state index contributed by atoms with van der Waals surface area (Å²) in [5.74, 6) is 1.66. The van der Waals surface area contributed by atoms with Gasteiger partial charge in [-0.1, -0.05) is 45.4 Å². The number of unbranched alkanes of at least 4 members (excludes halogenated alkanes) is 1. The lowest BCUT2D eigenvalue weighted by molar-refractivity contribution is -0.0000146. The molecule has 0 bridgehead atoms. The quantitative estimate of drug-likeness (QED) is 0.228. The number of likely N-dealkylation sites (N-methyl/N-ethyl adjacent to an activating group) is 1. The fraction of sp³-hybridized carbons (Fsp3) is 0.400. The van der Waals surface area contributed by atoms with Gasteiger partial charge >= 0.3 is 0 Å². The van der Waals surface area contributed by atoms with Gasteiger partial charge in [-0.05, 0) is 82.9 Å². The molecule has 0 atom stereocenters. The molecule has 0 saturated heterocycles. The first-order valence-corrected chi connectivity index (χ1v) is 13.0. The van der Waals surface area contributed by atoms with Crippen LogP contribution in [0.15, 0.2) is 40.8 Å². The Kier molecular flexibility index (Phi) is 11.3. The Morgan fingerprint density at radius 3 is 2.34 bits per heavy atom. The molecule has 0 unspecified atom stereocenters. The fourth-order valence-corrected chi connectivity index (χ4v) is 5.73. The molecule has 3 rings (SSSR count). The first-order chi connectivity index (χ1) is 15.0. The lowest BCUT2D eigenvalue weighted by Crippen LogP contribution is -3.00. The van der Waals surface area contributed by atoms with Crippen molar-refractivity contribution in [2.24, 2.45) is 0 Å². The van der Waals surface area contributed by atoms with E-state index in [2.05, 4.69) is 70.9 Å². The minimum absolute atomic E-state index is 0. The highest BCUT2D eigenvalue weighted by Gasteiger charge is 2.23. The molecule has 0 aliphatic carbocycles. The number of para-hydroxylation sites is 1. The van der Waals surface area contributed by atoms with Gasteiger partial charge in [-0.25, -0.2) is 0 Å². The summed E-state index contributed by atoms with van der Waals surface area (Å²) in [5.41, 5.74) is 2.15. The number of nitrogens with zero attached hydrogens (tertiary/aromatic N) is 1. The average molecular weight is 681 g/mol. The normalized spacial score (nSPS) is 11.1. The number of furan rings is 1. The van der Waals surface area contributed by atoms with Crippen molar-refractivity contribution >= 4 is 61.9 Å². The summed E-state index contributed by atoms with van der Waals surface area (Å²) < 4.78 is 14.1. The van der Waals surface area contributed by atoms with Gasteiger partial charge in [-0.15, -0.1) is 0 Å². The van der Waals surface area contributed by atoms with Crippen molar-refractivity contribution in [3.63, 3.8) is 0 Å². The van der Waals surface area contributed by atoms with Gasteiger partial charge in [0.25, 0.3) is 0 Å². The van der Waals surface area contributed by atoms with Crippen LogP contribution in [0.25, 0.3) is 11.0 Å². The van der Waals surface area contributed by atoms with Gasteiger partial charge in [0.05, 0.1) is 12.7 Å². The summed E-state index contributed by atoms with van der Waals surface area (Å²) >= 11 is 4.54. The van der Waals surface area contributed by atoms with Crippen LogP contribution in [0.4, 0.5) is 0 Å². The van der Waals surface area contributed by atoms with Gasteiger partial charge in [0, 0.05) is 23.9 Å². The molecule has 0 N–H and O–H groups in total. The summed E-state index contributed by atoms with van der Waals surface area (Å²) in [5, 5.41) is 0.892. The van der Waals surface area contributed by atoms with Crippen molar-refractivity contribution in [1.29, 1.82) is 0 Å².